The van der Waals surface area contributed by atoms with Gasteiger partial charge in [-0.3, -0.25) is 0 Å². The van der Waals surface area contributed by atoms with Crippen molar-refractivity contribution in [2.75, 3.05) is 6.61 Å². The van der Waals surface area contributed by atoms with Gasteiger partial charge in [-0.2, -0.15) is 0 Å². The number of para-hydroxylation sites is 3. The van der Waals surface area contributed by atoms with Crippen LogP contribution in [0, 0.1) is 0 Å². The van der Waals surface area contributed by atoms with Gasteiger partial charge in [-0.25, -0.2) is 4.98 Å². The minimum atomic E-state index is -0.581. The van der Waals surface area contributed by atoms with E-state index in [-0.39, 0.29) is 0 Å². The van der Waals surface area contributed by atoms with Crippen LogP contribution in [0.5, 0.6) is 5.75 Å². The van der Waals surface area contributed by atoms with Crippen LogP contribution in [-0.4, -0.2) is 21.3 Å². The number of rotatable bonds is 6. The van der Waals surface area contributed by atoms with Gasteiger partial charge in [-0.15, -0.1) is 0 Å². The molecule has 4 heteroatoms. The van der Waals surface area contributed by atoms with Gasteiger partial charge in [0.25, 0.3) is 0 Å². The zero-order valence-electron chi connectivity index (χ0n) is 12.6. The van der Waals surface area contributed by atoms with Crippen molar-refractivity contribution in [2.45, 2.75) is 26.0 Å². The van der Waals surface area contributed by atoms with Crippen molar-refractivity contribution in [2.24, 2.45) is 0 Å². The maximum Gasteiger partial charge on any atom is 0.138 e. The summed E-state index contributed by atoms with van der Waals surface area (Å²) in [4.78, 5) is 4.52. The summed E-state index contributed by atoms with van der Waals surface area (Å²) in [5.74, 6) is 1.59. The zero-order valence-corrected chi connectivity index (χ0v) is 12.6. The van der Waals surface area contributed by atoms with E-state index in [9.17, 15) is 5.11 Å². The summed E-state index contributed by atoms with van der Waals surface area (Å²) in [6.45, 7) is 3.15. The molecule has 2 aromatic carbocycles. The number of aryl methyl sites for hydroxylation is 1. The highest BCUT2D eigenvalue weighted by molar-refractivity contribution is 5.75. The Morgan fingerprint density at radius 1 is 1.09 bits per heavy atom. The average Bonchev–Trinajstić information content (AvgIpc) is 2.92. The molecule has 0 bridgehead atoms. The summed E-state index contributed by atoms with van der Waals surface area (Å²) in [5.41, 5.74) is 1.97. The molecule has 1 N–H and O–H groups in total. The van der Waals surface area contributed by atoms with E-state index in [2.05, 4.69) is 9.55 Å². The predicted octanol–water partition coefficient (Wildman–Crippen LogP) is 3.56. The maximum absolute atomic E-state index is 9.93. The van der Waals surface area contributed by atoms with Crippen molar-refractivity contribution < 1.29 is 9.84 Å². The number of fused-ring (bicyclic) bond motifs is 1. The fraction of sp³-hybridized carbons (Fsp3) is 0.278. The van der Waals surface area contributed by atoms with Crippen LogP contribution in [0.4, 0.5) is 0 Å². The standard InChI is InChI=1S/C18H20N2O2/c1-14(21)18-19-16-10-5-6-11-17(16)20(18)12-7-13-22-15-8-3-2-4-9-15/h2-6,8-11,14,21H,7,12-13H2,1H3/t14-/m1/s1. The minimum Gasteiger partial charge on any atom is -0.494 e. The molecule has 0 saturated carbocycles. The SMILES string of the molecule is C[C@@H](O)c1nc2ccccc2n1CCCOc1ccccc1. The second-order valence-electron chi connectivity index (χ2n) is 5.30. The Labute approximate surface area is 130 Å². The van der Waals surface area contributed by atoms with E-state index in [0.717, 1.165) is 29.7 Å². The molecular weight excluding hydrogens is 276 g/mol. The number of aliphatic hydroxyl groups excluding tert-OH is 1. The second-order valence-corrected chi connectivity index (χ2v) is 5.30. The van der Waals surface area contributed by atoms with Crippen molar-refractivity contribution >= 4 is 11.0 Å². The molecule has 0 saturated heterocycles. The van der Waals surface area contributed by atoms with Crippen LogP contribution in [0.3, 0.4) is 0 Å². The van der Waals surface area contributed by atoms with Gasteiger partial charge in [0.15, 0.2) is 0 Å². The number of imidazole rings is 1. The van der Waals surface area contributed by atoms with Crippen LogP contribution in [0.1, 0.15) is 25.3 Å². The van der Waals surface area contributed by atoms with Crippen molar-refractivity contribution in [1.82, 2.24) is 9.55 Å². The molecule has 0 unspecified atom stereocenters. The molecule has 114 valence electrons. The topological polar surface area (TPSA) is 47.3 Å². The second kappa shape index (κ2) is 6.62. The largest absolute Gasteiger partial charge is 0.494 e. The maximum atomic E-state index is 9.93. The molecule has 4 nitrogen and oxygen atoms in total. The Morgan fingerprint density at radius 2 is 1.82 bits per heavy atom. The molecule has 1 atom stereocenters. The average molecular weight is 296 g/mol. The van der Waals surface area contributed by atoms with E-state index in [4.69, 9.17) is 4.74 Å². The summed E-state index contributed by atoms with van der Waals surface area (Å²) >= 11 is 0. The van der Waals surface area contributed by atoms with Crippen LogP contribution in [0.2, 0.25) is 0 Å². The first-order valence-corrected chi connectivity index (χ1v) is 7.57. The Bertz CT molecular complexity index is 735. The number of aromatic nitrogens is 2. The number of ether oxygens (including phenoxy) is 1. The molecule has 0 spiro atoms. The molecule has 1 aromatic heterocycles. The van der Waals surface area contributed by atoms with Gasteiger partial charge in [-0.05, 0) is 37.6 Å². The first-order valence-electron chi connectivity index (χ1n) is 7.57. The predicted molar refractivity (Wildman–Crippen MR) is 86.9 cm³/mol. The quantitative estimate of drug-likeness (QED) is 0.708. The van der Waals surface area contributed by atoms with Crippen molar-refractivity contribution in [1.29, 1.82) is 0 Å². The van der Waals surface area contributed by atoms with E-state index in [1.165, 1.54) is 0 Å². The normalized spacial score (nSPS) is 12.5. The molecule has 22 heavy (non-hydrogen) atoms. The highest BCUT2D eigenvalue weighted by atomic mass is 16.5. The van der Waals surface area contributed by atoms with Gasteiger partial charge in [0.2, 0.25) is 0 Å². The van der Waals surface area contributed by atoms with Gasteiger partial charge < -0.3 is 14.4 Å². The summed E-state index contributed by atoms with van der Waals surface area (Å²) < 4.78 is 7.80. The Balaban J connectivity index is 1.69. The van der Waals surface area contributed by atoms with E-state index >= 15 is 0 Å². The first kappa shape index (κ1) is 14.6. The molecule has 0 amide bonds. The van der Waals surface area contributed by atoms with Crippen LogP contribution in [-0.2, 0) is 6.54 Å². The summed E-state index contributed by atoms with van der Waals surface area (Å²) in [6, 6.07) is 17.8. The van der Waals surface area contributed by atoms with Crippen LogP contribution in [0.15, 0.2) is 54.6 Å². The summed E-state index contributed by atoms with van der Waals surface area (Å²) in [5, 5.41) is 9.93. The third-order valence-electron chi connectivity index (χ3n) is 3.60. The lowest BCUT2D eigenvalue weighted by atomic mass is 10.3. The highest BCUT2D eigenvalue weighted by Gasteiger charge is 2.13. The first-order chi connectivity index (χ1) is 10.8. The minimum absolute atomic E-state index is 0.581. The van der Waals surface area contributed by atoms with Crippen molar-refractivity contribution in [3.05, 3.63) is 60.4 Å². The van der Waals surface area contributed by atoms with Crippen LogP contribution < -0.4 is 4.74 Å². The van der Waals surface area contributed by atoms with Gasteiger partial charge in [0.05, 0.1) is 17.6 Å². The molecule has 0 aliphatic rings. The summed E-state index contributed by atoms with van der Waals surface area (Å²) in [6.07, 6.45) is 0.275. The van der Waals surface area contributed by atoms with E-state index in [1.54, 1.807) is 6.92 Å². The van der Waals surface area contributed by atoms with Crippen LogP contribution in [0.25, 0.3) is 11.0 Å². The van der Waals surface area contributed by atoms with Gasteiger partial charge in [-0.1, -0.05) is 30.3 Å². The number of hydrogen-bond donors (Lipinski definition) is 1. The Hall–Kier alpha value is -2.33. The summed E-state index contributed by atoms with van der Waals surface area (Å²) in [7, 11) is 0. The molecular formula is C18H20N2O2. The van der Waals surface area contributed by atoms with E-state index in [1.807, 2.05) is 54.6 Å². The fourth-order valence-electron chi connectivity index (χ4n) is 2.58. The number of benzene rings is 2. The Morgan fingerprint density at radius 3 is 2.59 bits per heavy atom. The third-order valence-corrected chi connectivity index (χ3v) is 3.60. The van der Waals surface area contributed by atoms with Gasteiger partial charge in [0, 0.05) is 6.54 Å². The number of aliphatic hydroxyl groups is 1. The number of hydrogen-bond acceptors (Lipinski definition) is 3. The molecule has 0 radical (unpaired) electrons. The van der Waals surface area contributed by atoms with E-state index < -0.39 is 6.10 Å². The highest BCUT2D eigenvalue weighted by Crippen LogP contribution is 2.21. The molecule has 0 fully saturated rings. The van der Waals surface area contributed by atoms with Crippen LogP contribution >= 0.6 is 0 Å². The molecule has 1 heterocycles. The molecule has 0 aliphatic carbocycles. The number of nitrogens with zero attached hydrogens (tertiary/aromatic N) is 2. The molecule has 3 rings (SSSR count). The van der Waals surface area contributed by atoms with Gasteiger partial charge in [0.1, 0.15) is 17.7 Å². The Kier molecular flexibility index (Phi) is 4.39. The lowest BCUT2D eigenvalue weighted by molar-refractivity contribution is 0.183. The van der Waals surface area contributed by atoms with Crippen molar-refractivity contribution in [3.8, 4) is 5.75 Å². The van der Waals surface area contributed by atoms with E-state index in [0.29, 0.717) is 12.4 Å². The van der Waals surface area contributed by atoms with Gasteiger partial charge >= 0.3 is 0 Å². The smallest absolute Gasteiger partial charge is 0.138 e. The molecule has 3 aromatic rings. The lowest BCUT2D eigenvalue weighted by Gasteiger charge is -2.11. The zero-order chi connectivity index (χ0) is 15.4. The fourth-order valence-corrected chi connectivity index (χ4v) is 2.58. The monoisotopic (exact) mass is 296 g/mol. The molecule has 0 aliphatic heterocycles. The van der Waals surface area contributed by atoms with Crippen molar-refractivity contribution in [3.63, 3.8) is 0 Å². The lowest BCUT2D eigenvalue weighted by Crippen LogP contribution is -2.09. The third kappa shape index (κ3) is 3.12.